The minimum absolute atomic E-state index is 0.208. The average molecular weight is 464 g/mol. The molecule has 2 aliphatic heterocycles. The molecule has 1 aromatic heterocycles. The fourth-order valence-corrected chi connectivity index (χ4v) is 5.07. The number of ether oxygens (including phenoxy) is 1. The van der Waals surface area contributed by atoms with Crippen LogP contribution in [0.5, 0.6) is 0 Å². The predicted molar refractivity (Wildman–Crippen MR) is 124 cm³/mol. The molecule has 1 unspecified atom stereocenters. The van der Waals surface area contributed by atoms with Crippen molar-refractivity contribution in [1.29, 1.82) is 0 Å². The molecule has 1 spiro atoms. The number of hydrogen-bond acceptors (Lipinski definition) is 4. The Bertz CT molecular complexity index is 1190. The molecular weight excluding hydrogens is 436 g/mol. The molecule has 1 fully saturated rings. The van der Waals surface area contributed by atoms with Gasteiger partial charge < -0.3 is 10.1 Å². The number of aromatic nitrogens is 1. The number of hydrogen-bond donors (Lipinski definition) is 1. The van der Waals surface area contributed by atoms with E-state index in [-0.39, 0.29) is 11.5 Å². The maximum atomic E-state index is 13.8. The summed E-state index contributed by atoms with van der Waals surface area (Å²) in [5, 5.41) is 2.84. The molecule has 7 heteroatoms. The first-order valence-electron chi connectivity index (χ1n) is 11.5. The molecule has 1 saturated heterocycles. The Balaban J connectivity index is 1.26. The number of rotatable bonds is 5. The second kappa shape index (κ2) is 9.24. The van der Waals surface area contributed by atoms with E-state index in [0.717, 1.165) is 55.7 Å². The van der Waals surface area contributed by atoms with E-state index in [1.807, 2.05) is 42.7 Å². The number of amides is 1. The van der Waals surface area contributed by atoms with E-state index in [1.165, 1.54) is 24.1 Å². The van der Waals surface area contributed by atoms with Crippen LogP contribution in [0.3, 0.4) is 0 Å². The van der Waals surface area contributed by atoms with Crippen molar-refractivity contribution in [2.24, 2.45) is 0 Å². The number of nitrogens with zero attached hydrogens (tertiary/aromatic N) is 2. The van der Waals surface area contributed by atoms with Gasteiger partial charge in [-0.3, -0.25) is 14.7 Å². The highest BCUT2D eigenvalue weighted by Crippen LogP contribution is 2.43. The van der Waals surface area contributed by atoms with Crippen LogP contribution in [0.1, 0.15) is 53.6 Å². The lowest BCUT2D eigenvalue weighted by molar-refractivity contribution is -0.119. The van der Waals surface area contributed by atoms with Gasteiger partial charge in [-0.2, -0.15) is 0 Å². The molecule has 3 aromatic rings. The maximum Gasteiger partial charge on any atom is 0.217 e. The molecule has 1 N–H and O–H groups in total. The lowest BCUT2D eigenvalue weighted by Gasteiger charge is -2.39. The van der Waals surface area contributed by atoms with Gasteiger partial charge in [-0.1, -0.05) is 30.3 Å². The highest BCUT2D eigenvalue weighted by molar-refractivity contribution is 5.74. The molecule has 0 radical (unpaired) electrons. The topological polar surface area (TPSA) is 54.5 Å². The molecule has 1 amide bonds. The third-order valence-electron chi connectivity index (χ3n) is 6.91. The third kappa shape index (κ3) is 4.45. The standard InChI is InChI=1S/C27H27F2N3O2/c1-18(33)31-26(21-6-7-24(28)25(29)14-21)20-4-2-19(3-5-20)16-32-12-9-27(10-13-32)23-15-30-11-8-22(23)17-34-27/h2-8,11,14-15,26H,9-10,12-13,16-17H2,1H3,(H,31,33). The number of benzene rings is 2. The van der Waals surface area contributed by atoms with Gasteiger partial charge in [0.2, 0.25) is 5.91 Å². The lowest BCUT2D eigenvalue weighted by Crippen LogP contribution is -2.42. The molecule has 176 valence electrons. The number of fused-ring (bicyclic) bond motifs is 2. The van der Waals surface area contributed by atoms with Gasteiger partial charge in [-0.25, -0.2) is 8.78 Å². The number of halogens is 2. The van der Waals surface area contributed by atoms with E-state index in [1.54, 1.807) is 0 Å². The van der Waals surface area contributed by atoms with Crippen molar-refractivity contribution in [3.05, 3.63) is 100 Å². The zero-order valence-electron chi connectivity index (χ0n) is 19.1. The highest BCUT2D eigenvalue weighted by atomic mass is 19.2. The van der Waals surface area contributed by atoms with Gasteiger partial charge in [0.05, 0.1) is 18.2 Å². The zero-order chi connectivity index (χ0) is 23.7. The number of carbonyl (C=O) groups excluding carboxylic acids is 1. The monoisotopic (exact) mass is 463 g/mol. The summed E-state index contributed by atoms with van der Waals surface area (Å²) in [6, 6.07) is 13.1. The SMILES string of the molecule is CC(=O)NC(c1ccc(CN2CCC3(CC2)OCc2ccncc23)cc1)c1ccc(F)c(F)c1. The summed E-state index contributed by atoms with van der Waals surface area (Å²) in [5.41, 5.74) is 4.73. The molecular formula is C27H27F2N3O2. The fraction of sp³-hybridized carbons (Fsp3) is 0.333. The molecule has 5 nitrogen and oxygen atoms in total. The molecule has 3 heterocycles. The van der Waals surface area contributed by atoms with Gasteiger partial charge >= 0.3 is 0 Å². The first-order valence-corrected chi connectivity index (χ1v) is 11.5. The Morgan fingerprint density at radius 1 is 1.09 bits per heavy atom. The summed E-state index contributed by atoms with van der Waals surface area (Å²) in [6.07, 6.45) is 5.65. The third-order valence-corrected chi connectivity index (χ3v) is 6.91. The summed E-state index contributed by atoms with van der Waals surface area (Å²) >= 11 is 0. The summed E-state index contributed by atoms with van der Waals surface area (Å²) in [6.45, 7) is 4.74. The summed E-state index contributed by atoms with van der Waals surface area (Å²) in [5.74, 6) is -2.09. The smallest absolute Gasteiger partial charge is 0.217 e. The van der Waals surface area contributed by atoms with Crippen molar-refractivity contribution in [3.8, 4) is 0 Å². The summed E-state index contributed by atoms with van der Waals surface area (Å²) < 4.78 is 33.4. The van der Waals surface area contributed by atoms with Crippen LogP contribution >= 0.6 is 0 Å². The largest absolute Gasteiger partial charge is 0.365 e. The molecule has 2 aliphatic rings. The van der Waals surface area contributed by atoms with Crippen LogP contribution in [-0.2, 0) is 28.3 Å². The Morgan fingerprint density at radius 2 is 1.82 bits per heavy atom. The number of pyridine rings is 1. The van der Waals surface area contributed by atoms with E-state index in [9.17, 15) is 13.6 Å². The first-order chi connectivity index (χ1) is 16.4. The van der Waals surface area contributed by atoms with Crippen molar-refractivity contribution in [1.82, 2.24) is 15.2 Å². The van der Waals surface area contributed by atoms with Gasteiger partial charge in [-0.15, -0.1) is 0 Å². The second-order valence-corrected chi connectivity index (χ2v) is 9.14. The van der Waals surface area contributed by atoms with Gasteiger partial charge in [0.15, 0.2) is 11.6 Å². The normalized spacial score (nSPS) is 18.0. The minimum atomic E-state index is -0.933. The minimum Gasteiger partial charge on any atom is -0.365 e. The molecule has 34 heavy (non-hydrogen) atoms. The van der Waals surface area contributed by atoms with Crippen molar-refractivity contribution < 1.29 is 18.3 Å². The predicted octanol–water partition coefficient (Wildman–Crippen LogP) is 4.61. The fourth-order valence-electron chi connectivity index (χ4n) is 5.07. The van der Waals surface area contributed by atoms with E-state index in [2.05, 4.69) is 15.2 Å². The van der Waals surface area contributed by atoms with Crippen LogP contribution in [0, 0.1) is 11.6 Å². The van der Waals surface area contributed by atoms with E-state index in [4.69, 9.17) is 4.74 Å². The molecule has 0 saturated carbocycles. The average Bonchev–Trinajstić information content (AvgIpc) is 3.20. The number of nitrogens with one attached hydrogen (secondary N) is 1. The van der Waals surface area contributed by atoms with Gasteiger partial charge in [0, 0.05) is 44.5 Å². The number of carbonyl (C=O) groups is 1. The van der Waals surface area contributed by atoms with Crippen LogP contribution < -0.4 is 5.32 Å². The highest BCUT2D eigenvalue weighted by Gasteiger charge is 2.42. The Labute approximate surface area is 197 Å². The second-order valence-electron chi connectivity index (χ2n) is 9.14. The van der Waals surface area contributed by atoms with Crippen LogP contribution in [0.25, 0.3) is 0 Å². The van der Waals surface area contributed by atoms with Crippen molar-refractivity contribution in [2.75, 3.05) is 13.1 Å². The van der Waals surface area contributed by atoms with Crippen molar-refractivity contribution >= 4 is 5.91 Å². The summed E-state index contributed by atoms with van der Waals surface area (Å²) in [4.78, 5) is 18.5. The van der Waals surface area contributed by atoms with Gasteiger partial charge in [0.25, 0.3) is 0 Å². The van der Waals surface area contributed by atoms with E-state index in [0.29, 0.717) is 12.2 Å². The van der Waals surface area contributed by atoms with Gasteiger partial charge in [-0.05, 0) is 53.3 Å². The van der Waals surface area contributed by atoms with Crippen LogP contribution in [0.2, 0.25) is 0 Å². The molecule has 5 rings (SSSR count). The Morgan fingerprint density at radius 3 is 2.53 bits per heavy atom. The van der Waals surface area contributed by atoms with E-state index >= 15 is 0 Å². The number of likely N-dealkylation sites (tertiary alicyclic amines) is 1. The molecule has 0 bridgehead atoms. The lowest BCUT2D eigenvalue weighted by atomic mass is 9.84. The van der Waals surface area contributed by atoms with Crippen LogP contribution in [0.4, 0.5) is 8.78 Å². The first kappa shape index (κ1) is 22.6. The maximum absolute atomic E-state index is 13.8. The van der Waals surface area contributed by atoms with Crippen molar-refractivity contribution in [3.63, 3.8) is 0 Å². The van der Waals surface area contributed by atoms with Crippen LogP contribution in [0.15, 0.2) is 60.9 Å². The Kier molecular flexibility index (Phi) is 6.15. The molecule has 2 aromatic carbocycles. The molecule has 1 atom stereocenters. The zero-order valence-corrected chi connectivity index (χ0v) is 19.1. The van der Waals surface area contributed by atoms with Gasteiger partial charge in [0.1, 0.15) is 0 Å². The molecule has 0 aliphatic carbocycles. The quantitative estimate of drug-likeness (QED) is 0.601. The number of piperidine rings is 1. The summed E-state index contributed by atoms with van der Waals surface area (Å²) in [7, 11) is 0. The van der Waals surface area contributed by atoms with Crippen molar-refractivity contribution in [2.45, 2.75) is 44.6 Å². The Hall–Kier alpha value is -3.16. The van der Waals surface area contributed by atoms with Crippen LogP contribution in [-0.4, -0.2) is 28.9 Å². The van der Waals surface area contributed by atoms with E-state index < -0.39 is 17.7 Å².